The van der Waals surface area contributed by atoms with Crippen molar-refractivity contribution in [1.82, 2.24) is 9.80 Å². The second-order valence-corrected chi connectivity index (χ2v) is 6.90. The number of fused-ring (bicyclic) bond motifs is 1. The minimum Gasteiger partial charge on any atom is -0.497 e. The van der Waals surface area contributed by atoms with Crippen molar-refractivity contribution in [3.63, 3.8) is 0 Å². The van der Waals surface area contributed by atoms with E-state index in [1.807, 2.05) is 18.2 Å². The Labute approximate surface area is 160 Å². The highest BCUT2D eigenvalue weighted by Crippen LogP contribution is 2.40. The summed E-state index contributed by atoms with van der Waals surface area (Å²) in [6.45, 7) is 6.88. The molecule has 1 aliphatic heterocycles. The van der Waals surface area contributed by atoms with Gasteiger partial charge in [-0.2, -0.15) is 0 Å². The van der Waals surface area contributed by atoms with Crippen molar-refractivity contribution in [1.29, 1.82) is 0 Å². The average Bonchev–Trinajstić information content (AvgIpc) is 3.01. The van der Waals surface area contributed by atoms with E-state index >= 15 is 0 Å². The minimum absolute atomic E-state index is 0.0766. The molecule has 0 amide bonds. The highest BCUT2D eigenvalue weighted by Gasteiger charge is 2.34. The molecule has 25 heavy (non-hydrogen) atoms. The van der Waals surface area contributed by atoms with Gasteiger partial charge < -0.3 is 14.5 Å². The summed E-state index contributed by atoms with van der Waals surface area (Å²) in [6.07, 6.45) is 0. The molecule has 0 bridgehead atoms. The van der Waals surface area contributed by atoms with Crippen molar-refractivity contribution in [2.75, 3.05) is 20.2 Å². The molecule has 5 heteroatoms. The van der Waals surface area contributed by atoms with E-state index in [0.29, 0.717) is 0 Å². The summed E-state index contributed by atoms with van der Waals surface area (Å²) in [5.41, 5.74) is 3.70. The predicted molar refractivity (Wildman–Crippen MR) is 107 cm³/mol. The first kappa shape index (κ1) is 18.0. The lowest BCUT2D eigenvalue weighted by atomic mass is 9.98. The lowest BCUT2D eigenvalue weighted by molar-refractivity contribution is 0.321. The van der Waals surface area contributed by atoms with Crippen LogP contribution in [0, 0.1) is 0 Å². The van der Waals surface area contributed by atoms with Gasteiger partial charge in [-0.05, 0) is 67.0 Å². The van der Waals surface area contributed by atoms with E-state index in [1.54, 1.807) is 7.11 Å². The van der Waals surface area contributed by atoms with Crippen LogP contribution in [0.1, 0.15) is 36.6 Å². The third-order valence-corrected chi connectivity index (χ3v) is 5.49. The van der Waals surface area contributed by atoms with Gasteiger partial charge in [0.1, 0.15) is 5.75 Å². The molecule has 1 atom stereocenters. The molecule has 1 unspecified atom stereocenters. The molecule has 0 radical (unpaired) electrons. The third kappa shape index (κ3) is 3.46. The molecule has 0 aromatic heterocycles. The maximum absolute atomic E-state index is 6.29. The van der Waals surface area contributed by atoms with Crippen molar-refractivity contribution < 1.29 is 4.74 Å². The molecule has 2 aromatic rings. The van der Waals surface area contributed by atoms with Crippen molar-refractivity contribution in [3.8, 4) is 5.75 Å². The Morgan fingerprint density at radius 1 is 1.20 bits per heavy atom. The van der Waals surface area contributed by atoms with E-state index in [2.05, 4.69) is 47.9 Å². The molecular formula is C20H23ClN2OS. The monoisotopic (exact) mass is 374 g/mol. The second-order valence-electron chi connectivity index (χ2n) is 6.10. The second kappa shape index (κ2) is 7.63. The fraction of sp³-hybridized carbons (Fsp3) is 0.350. The Morgan fingerprint density at radius 3 is 2.48 bits per heavy atom. The molecule has 0 saturated carbocycles. The summed E-state index contributed by atoms with van der Waals surface area (Å²) in [4.78, 5) is 4.52. The van der Waals surface area contributed by atoms with E-state index < -0.39 is 0 Å². The van der Waals surface area contributed by atoms with Crippen LogP contribution in [0.2, 0.25) is 5.02 Å². The number of ether oxygens (including phenoxy) is 1. The van der Waals surface area contributed by atoms with Gasteiger partial charge in [-0.3, -0.25) is 0 Å². The van der Waals surface area contributed by atoms with Gasteiger partial charge in [0, 0.05) is 24.7 Å². The fourth-order valence-corrected chi connectivity index (χ4v) is 4.02. The number of hydrogen-bond acceptors (Lipinski definition) is 2. The standard InChI is InChI=1S/C20H23ClN2OS/c1-4-22(5-2)20(25)23-13-15-6-9-16(21)12-18(15)19(23)14-7-10-17(24-3)11-8-14/h6-12,19H,4-5,13H2,1-3H3. The quantitative estimate of drug-likeness (QED) is 0.708. The molecule has 1 aliphatic rings. The number of methoxy groups -OCH3 is 1. The van der Waals surface area contributed by atoms with Crippen molar-refractivity contribution in [2.45, 2.75) is 26.4 Å². The van der Waals surface area contributed by atoms with Gasteiger partial charge in [-0.25, -0.2) is 0 Å². The van der Waals surface area contributed by atoms with Crippen LogP contribution in [-0.4, -0.2) is 35.1 Å². The minimum atomic E-state index is 0.0766. The molecule has 132 valence electrons. The number of nitrogens with zero attached hydrogens (tertiary/aromatic N) is 2. The number of halogens is 1. The maximum atomic E-state index is 6.29. The first-order chi connectivity index (χ1) is 12.1. The first-order valence-corrected chi connectivity index (χ1v) is 9.35. The summed E-state index contributed by atoms with van der Waals surface area (Å²) in [7, 11) is 1.68. The van der Waals surface area contributed by atoms with Gasteiger partial charge in [0.15, 0.2) is 5.11 Å². The summed E-state index contributed by atoms with van der Waals surface area (Å²) < 4.78 is 5.30. The number of hydrogen-bond donors (Lipinski definition) is 0. The Balaban J connectivity index is 2.04. The van der Waals surface area contributed by atoms with E-state index in [-0.39, 0.29) is 6.04 Å². The van der Waals surface area contributed by atoms with Gasteiger partial charge in [0.2, 0.25) is 0 Å². The fourth-order valence-electron chi connectivity index (χ4n) is 3.41. The molecule has 2 aromatic carbocycles. The van der Waals surface area contributed by atoms with Gasteiger partial charge in [0.25, 0.3) is 0 Å². The zero-order valence-corrected chi connectivity index (χ0v) is 16.4. The Morgan fingerprint density at radius 2 is 1.88 bits per heavy atom. The number of thiocarbonyl (C=S) groups is 1. The summed E-state index contributed by atoms with van der Waals surface area (Å²) >= 11 is 12.1. The molecule has 1 heterocycles. The SMILES string of the molecule is CCN(CC)C(=S)N1Cc2ccc(Cl)cc2C1c1ccc(OC)cc1. The summed E-state index contributed by atoms with van der Waals surface area (Å²) in [5, 5.41) is 1.64. The van der Waals surface area contributed by atoms with E-state index in [4.69, 9.17) is 28.6 Å². The zero-order valence-electron chi connectivity index (χ0n) is 14.8. The van der Waals surface area contributed by atoms with Crippen LogP contribution < -0.4 is 4.74 Å². The van der Waals surface area contributed by atoms with Crippen LogP contribution in [0.4, 0.5) is 0 Å². The molecular weight excluding hydrogens is 352 g/mol. The van der Waals surface area contributed by atoms with Crippen molar-refractivity contribution in [2.24, 2.45) is 0 Å². The van der Waals surface area contributed by atoms with E-state index in [1.165, 1.54) is 16.7 Å². The smallest absolute Gasteiger partial charge is 0.172 e. The van der Waals surface area contributed by atoms with Crippen LogP contribution >= 0.6 is 23.8 Å². The number of benzene rings is 2. The zero-order chi connectivity index (χ0) is 18.0. The molecule has 0 aliphatic carbocycles. The van der Waals surface area contributed by atoms with Crippen LogP contribution in [0.15, 0.2) is 42.5 Å². The average molecular weight is 375 g/mol. The summed E-state index contributed by atoms with van der Waals surface area (Å²) in [6, 6.07) is 14.4. The number of rotatable bonds is 4. The van der Waals surface area contributed by atoms with Gasteiger partial charge >= 0.3 is 0 Å². The van der Waals surface area contributed by atoms with Crippen molar-refractivity contribution >= 4 is 28.9 Å². The van der Waals surface area contributed by atoms with E-state index in [9.17, 15) is 0 Å². The first-order valence-electron chi connectivity index (χ1n) is 8.56. The van der Waals surface area contributed by atoms with Crippen LogP contribution in [0.5, 0.6) is 5.75 Å². The van der Waals surface area contributed by atoms with Crippen LogP contribution in [-0.2, 0) is 6.54 Å². The largest absolute Gasteiger partial charge is 0.497 e. The lowest BCUT2D eigenvalue weighted by Gasteiger charge is -2.34. The summed E-state index contributed by atoms with van der Waals surface area (Å²) in [5.74, 6) is 0.853. The predicted octanol–water partition coefficient (Wildman–Crippen LogP) is 4.88. The Kier molecular flexibility index (Phi) is 5.50. The molecule has 0 saturated heterocycles. The molecule has 3 nitrogen and oxygen atoms in total. The Bertz CT molecular complexity index is 759. The van der Waals surface area contributed by atoms with Gasteiger partial charge in [0.05, 0.1) is 13.2 Å². The Hall–Kier alpha value is -1.78. The maximum Gasteiger partial charge on any atom is 0.172 e. The van der Waals surface area contributed by atoms with Gasteiger partial charge in [-0.1, -0.05) is 29.8 Å². The third-order valence-electron chi connectivity index (χ3n) is 4.77. The highest BCUT2D eigenvalue weighted by molar-refractivity contribution is 7.80. The van der Waals surface area contributed by atoms with Crippen molar-refractivity contribution in [3.05, 3.63) is 64.2 Å². The molecule has 3 rings (SSSR count). The van der Waals surface area contributed by atoms with Gasteiger partial charge in [-0.15, -0.1) is 0 Å². The molecule has 0 N–H and O–H groups in total. The topological polar surface area (TPSA) is 15.7 Å². The lowest BCUT2D eigenvalue weighted by Crippen LogP contribution is -2.42. The normalized spacial score (nSPS) is 15.8. The molecule has 0 fully saturated rings. The van der Waals surface area contributed by atoms with Crippen LogP contribution in [0.3, 0.4) is 0 Å². The van der Waals surface area contributed by atoms with E-state index in [0.717, 1.165) is 35.5 Å². The van der Waals surface area contributed by atoms with Crippen LogP contribution in [0.25, 0.3) is 0 Å². The molecule has 0 spiro atoms. The highest BCUT2D eigenvalue weighted by atomic mass is 35.5.